The van der Waals surface area contributed by atoms with E-state index in [1.165, 1.54) is 4.90 Å². The molecule has 1 aromatic carbocycles. The van der Waals surface area contributed by atoms with E-state index in [-0.39, 0.29) is 6.10 Å². The Bertz CT molecular complexity index is 734. The van der Waals surface area contributed by atoms with Gasteiger partial charge in [-0.15, -0.1) is 0 Å². The van der Waals surface area contributed by atoms with Crippen molar-refractivity contribution in [2.24, 2.45) is 0 Å². The summed E-state index contributed by atoms with van der Waals surface area (Å²) in [6, 6.07) is 5.39. The number of ether oxygens (including phenoxy) is 3. The molecule has 1 fully saturated rings. The number of pyridine rings is 1. The summed E-state index contributed by atoms with van der Waals surface area (Å²) in [5.41, 5.74) is 0.730. The lowest BCUT2D eigenvalue weighted by Gasteiger charge is -2.16. The lowest BCUT2D eigenvalue weighted by atomic mass is 10.1. The molecule has 1 saturated heterocycles. The molecule has 1 aliphatic heterocycles. The predicted octanol–water partition coefficient (Wildman–Crippen LogP) is 2.38. The number of benzene rings is 1. The normalized spacial score (nSPS) is 17.3. The molecule has 1 N–H and O–H groups in total. The van der Waals surface area contributed by atoms with Crippen LogP contribution in [0.4, 0.5) is 4.79 Å². The second-order valence-corrected chi connectivity index (χ2v) is 5.29. The third kappa shape index (κ3) is 2.94. The van der Waals surface area contributed by atoms with E-state index in [1.807, 2.05) is 6.07 Å². The number of fused-ring (bicyclic) bond motifs is 1. The van der Waals surface area contributed by atoms with Crippen LogP contribution in [0.15, 0.2) is 24.4 Å². The molecule has 0 bridgehead atoms. The van der Waals surface area contributed by atoms with Crippen LogP contribution in [0.3, 0.4) is 0 Å². The molecule has 1 amide bonds. The summed E-state index contributed by atoms with van der Waals surface area (Å²) >= 11 is 0. The van der Waals surface area contributed by atoms with Crippen molar-refractivity contribution in [3.8, 4) is 17.2 Å². The first kappa shape index (κ1) is 15.2. The molecule has 0 saturated carbocycles. The third-order valence-electron chi connectivity index (χ3n) is 3.92. The number of aromatic nitrogens is 1. The van der Waals surface area contributed by atoms with Gasteiger partial charge < -0.3 is 24.2 Å². The number of carbonyl (C=O) groups is 1. The van der Waals surface area contributed by atoms with Crippen LogP contribution in [0.2, 0.25) is 0 Å². The standard InChI is InChI=1S/C16H18N2O5/c1-21-14-7-11-12(8-15(14)22-2)17-5-3-13(11)23-10-4-6-18(9-10)16(19)20/h3,5,7-8,10H,4,6,9H2,1-2H3,(H,19,20). The lowest BCUT2D eigenvalue weighted by molar-refractivity contribution is 0.146. The average molecular weight is 318 g/mol. The number of carboxylic acid groups (broad SMARTS) is 1. The van der Waals surface area contributed by atoms with Crippen molar-refractivity contribution < 1.29 is 24.1 Å². The van der Waals surface area contributed by atoms with Crippen LogP contribution in [0.1, 0.15) is 6.42 Å². The Morgan fingerprint density at radius 1 is 1.26 bits per heavy atom. The zero-order valence-electron chi connectivity index (χ0n) is 13.0. The number of hydrogen-bond acceptors (Lipinski definition) is 5. The van der Waals surface area contributed by atoms with E-state index >= 15 is 0 Å². The van der Waals surface area contributed by atoms with Crippen molar-refractivity contribution in [2.45, 2.75) is 12.5 Å². The van der Waals surface area contributed by atoms with E-state index in [9.17, 15) is 4.79 Å². The summed E-state index contributed by atoms with van der Waals surface area (Å²) in [6.45, 7) is 0.854. The van der Waals surface area contributed by atoms with Crippen LogP contribution in [0, 0.1) is 0 Å². The first-order chi connectivity index (χ1) is 11.1. The fourth-order valence-electron chi connectivity index (χ4n) is 2.73. The Hall–Kier alpha value is -2.70. The molecule has 2 heterocycles. The molecule has 0 aliphatic carbocycles. The van der Waals surface area contributed by atoms with Crippen molar-refractivity contribution in [3.05, 3.63) is 24.4 Å². The molecule has 0 spiro atoms. The van der Waals surface area contributed by atoms with Crippen molar-refractivity contribution in [1.82, 2.24) is 9.88 Å². The average Bonchev–Trinajstić information content (AvgIpc) is 3.02. The molecule has 23 heavy (non-hydrogen) atoms. The Kier molecular flexibility index (Phi) is 4.10. The van der Waals surface area contributed by atoms with E-state index in [1.54, 1.807) is 32.5 Å². The molecule has 7 nitrogen and oxygen atoms in total. The molecular weight excluding hydrogens is 300 g/mol. The second-order valence-electron chi connectivity index (χ2n) is 5.29. The zero-order valence-corrected chi connectivity index (χ0v) is 13.0. The number of rotatable bonds is 4. The fraction of sp³-hybridized carbons (Fsp3) is 0.375. The van der Waals surface area contributed by atoms with Crippen LogP contribution in [-0.2, 0) is 0 Å². The largest absolute Gasteiger partial charge is 0.493 e. The molecule has 1 aromatic heterocycles. The lowest BCUT2D eigenvalue weighted by Crippen LogP contribution is -2.29. The Morgan fingerprint density at radius 2 is 2.00 bits per heavy atom. The highest BCUT2D eigenvalue weighted by Crippen LogP contribution is 2.36. The predicted molar refractivity (Wildman–Crippen MR) is 83.5 cm³/mol. The summed E-state index contributed by atoms with van der Waals surface area (Å²) in [7, 11) is 3.14. The van der Waals surface area contributed by atoms with Crippen LogP contribution in [0.5, 0.6) is 17.2 Å². The molecule has 1 aliphatic rings. The highest BCUT2D eigenvalue weighted by molar-refractivity contribution is 5.88. The van der Waals surface area contributed by atoms with Gasteiger partial charge >= 0.3 is 6.09 Å². The van der Waals surface area contributed by atoms with Gasteiger partial charge in [-0.1, -0.05) is 0 Å². The maximum absolute atomic E-state index is 11.0. The number of methoxy groups -OCH3 is 2. The van der Waals surface area contributed by atoms with E-state index < -0.39 is 6.09 Å². The highest BCUT2D eigenvalue weighted by atomic mass is 16.5. The van der Waals surface area contributed by atoms with Gasteiger partial charge in [0.15, 0.2) is 11.5 Å². The number of nitrogens with zero attached hydrogens (tertiary/aromatic N) is 2. The van der Waals surface area contributed by atoms with Crippen LogP contribution in [-0.4, -0.2) is 54.5 Å². The topological polar surface area (TPSA) is 81.1 Å². The van der Waals surface area contributed by atoms with Gasteiger partial charge in [0.25, 0.3) is 0 Å². The maximum Gasteiger partial charge on any atom is 0.407 e. The van der Waals surface area contributed by atoms with Crippen LogP contribution in [0.25, 0.3) is 10.9 Å². The van der Waals surface area contributed by atoms with Crippen molar-refractivity contribution in [2.75, 3.05) is 27.3 Å². The van der Waals surface area contributed by atoms with E-state index in [0.29, 0.717) is 36.8 Å². The first-order valence-corrected chi connectivity index (χ1v) is 7.27. The maximum atomic E-state index is 11.0. The van der Waals surface area contributed by atoms with Gasteiger partial charge in [-0.05, 0) is 12.1 Å². The molecule has 122 valence electrons. The van der Waals surface area contributed by atoms with Gasteiger partial charge in [0, 0.05) is 30.6 Å². The minimum Gasteiger partial charge on any atom is -0.493 e. The third-order valence-corrected chi connectivity index (χ3v) is 3.92. The summed E-state index contributed by atoms with van der Waals surface area (Å²) in [5.74, 6) is 1.85. The highest BCUT2D eigenvalue weighted by Gasteiger charge is 2.27. The minimum atomic E-state index is -0.915. The summed E-state index contributed by atoms with van der Waals surface area (Å²) in [4.78, 5) is 16.7. The molecule has 1 atom stereocenters. The fourth-order valence-corrected chi connectivity index (χ4v) is 2.73. The van der Waals surface area contributed by atoms with Crippen molar-refractivity contribution in [3.63, 3.8) is 0 Å². The molecule has 7 heteroatoms. The number of likely N-dealkylation sites (tertiary alicyclic amines) is 1. The monoisotopic (exact) mass is 318 g/mol. The Balaban J connectivity index is 1.90. The smallest absolute Gasteiger partial charge is 0.407 e. The van der Waals surface area contributed by atoms with E-state index in [4.69, 9.17) is 19.3 Å². The van der Waals surface area contributed by atoms with Gasteiger partial charge in [0.2, 0.25) is 0 Å². The Labute approximate surface area is 133 Å². The Morgan fingerprint density at radius 3 is 2.65 bits per heavy atom. The molecule has 3 rings (SSSR count). The SMILES string of the molecule is COc1cc2nccc(OC3CCN(C(=O)O)C3)c2cc1OC. The quantitative estimate of drug-likeness (QED) is 0.932. The van der Waals surface area contributed by atoms with Crippen molar-refractivity contribution >= 4 is 17.0 Å². The van der Waals surface area contributed by atoms with E-state index in [0.717, 1.165) is 10.9 Å². The molecular formula is C16H18N2O5. The first-order valence-electron chi connectivity index (χ1n) is 7.27. The zero-order chi connectivity index (χ0) is 16.4. The van der Waals surface area contributed by atoms with Gasteiger partial charge in [-0.2, -0.15) is 0 Å². The minimum absolute atomic E-state index is 0.162. The molecule has 0 radical (unpaired) electrons. The van der Waals surface area contributed by atoms with Crippen LogP contribution >= 0.6 is 0 Å². The summed E-state index contributed by atoms with van der Waals surface area (Å²) < 4.78 is 16.6. The molecule has 1 unspecified atom stereocenters. The van der Waals surface area contributed by atoms with Gasteiger partial charge in [-0.3, -0.25) is 4.98 Å². The summed E-state index contributed by atoms with van der Waals surface area (Å²) in [6.07, 6.45) is 1.25. The number of hydrogen-bond donors (Lipinski definition) is 1. The van der Waals surface area contributed by atoms with Crippen LogP contribution < -0.4 is 14.2 Å². The van der Waals surface area contributed by atoms with Crippen molar-refractivity contribution in [1.29, 1.82) is 0 Å². The van der Waals surface area contributed by atoms with Gasteiger partial charge in [0.1, 0.15) is 11.9 Å². The number of amides is 1. The summed E-state index contributed by atoms with van der Waals surface area (Å²) in [5, 5.41) is 9.83. The van der Waals surface area contributed by atoms with Gasteiger partial charge in [0.05, 0.1) is 26.3 Å². The van der Waals surface area contributed by atoms with Gasteiger partial charge in [-0.25, -0.2) is 4.79 Å². The molecule has 2 aromatic rings. The van der Waals surface area contributed by atoms with E-state index in [2.05, 4.69) is 4.98 Å². The second kappa shape index (κ2) is 6.20.